The predicted molar refractivity (Wildman–Crippen MR) is 224 cm³/mol. The van der Waals surface area contributed by atoms with E-state index in [2.05, 4.69) is 25.9 Å². The molecule has 0 saturated carbocycles. The molecule has 2 fully saturated rings. The topological polar surface area (TPSA) is 198 Å². The first-order chi connectivity index (χ1) is 28.5. The summed E-state index contributed by atoms with van der Waals surface area (Å²) in [5.41, 5.74) is 0.895. The van der Waals surface area contributed by atoms with Crippen molar-refractivity contribution in [2.75, 3.05) is 26.2 Å². The fraction of sp³-hybridized carbons (Fsp3) is 0.238. The number of pyridine rings is 4. The third-order valence-electron chi connectivity index (χ3n) is 9.42. The maximum absolute atomic E-state index is 13.0. The number of aromatic nitrogens is 4. The second kappa shape index (κ2) is 19.8. The third kappa shape index (κ3) is 11.0. The molecule has 0 unspecified atom stereocenters. The van der Waals surface area contributed by atoms with Gasteiger partial charge in [-0.05, 0) is 97.7 Å². The zero-order chi connectivity index (χ0) is 41.9. The number of nitrogens with one attached hydrogen (secondary N) is 3. The number of aliphatic carboxylic acids is 1. The van der Waals surface area contributed by atoms with Gasteiger partial charge in [-0.2, -0.15) is 0 Å². The molecule has 6 heterocycles. The van der Waals surface area contributed by atoms with Gasteiger partial charge in [0.25, 0.3) is 22.9 Å². The summed E-state index contributed by atoms with van der Waals surface area (Å²) in [7, 11) is 0. The van der Waals surface area contributed by atoms with Crippen LogP contribution in [0.5, 0.6) is 0 Å². The van der Waals surface area contributed by atoms with Crippen molar-refractivity contribution in [3.8, 4) is 0 Å². The van der Waals surface area contributed by atoms with Crippen LogP contribution in [0, 0.1) is 0 Å². The molecule has 15 nitrogen and oxygen atoms in total. The largest absolute Gasteiger partial charge is 0.480 e. The van der Waals surface area contributed by atoms with Crippen molar-refractivity contribution in [1.82, 2.24) is 40.0 Å². The average Bonchev–Trinajstić information content (AvgIpc) is 3.18. The summed E-state index contributed by atoms with van der Waals surface area (Å²) in [6.45, 7) is 3.64. The Hall–Kier alpha value is -6.42. The van der Waals surface area contributed by atoms with Gasteiger partial charge in [0.15, 0.2) is 0 Å². The van der Waals surface area contributed by atoms with Crippen LogP contribution in [-0.2, 0) is 35.8 Å². The normalized spacial score (nSPS) is 12.8. The Bertz CT molecular complexity index is 2600. The highest BCUT2D eigenvalue weighted by atomic mass is 35.5. The minimum Gasteiger partial charge on any atom is -0.480 e. The number of hydrogen-bond acceptors (Lipinski definition) is 9. The molecule has 4 aromatic heterocycles. The molecule has 2 saturated heterocycles. The monoisotopic (exact) mass is 838 g/mol. The Morgan fingerprint density at radius 1 is 0.661 bits per heavy atom. The molecule has 2 aliphatic heterocycles. The molecule has 304 valence electrons. The van der Waals surface area contributed by atoms with Crippen LogP contribution in [0.3, 0.4) is 0 Å². The van der Waals surface area contributed by atoms with E-state index < -0.39 is 35.4 Å². The van der Waals surface area contributed by atoms with E-state index in [0.717, 1.165) is 22.1 Å². The molecule has 8 rings (SSSR count). The molecular formula is C42H40Cl2N8O7. The highest BCUT2D eigenvalue weighted by Gasteiger charge is 2.24. The van der Waals surface area contributed by atoms with Gasteiger partial charge >= 0.3 is 5.97 Å². The number of likely N-dealkylation sites (tertiary alicyclic amines) is 1. The van der Waals surface area contributed by atoms with Gasteiger partial charge in [0.2, 0.25) is 5.91 Å². The number of nitrogens with zero attached hydrogens (tertiary/aromatic N) is 5. The highest BCUT2D eigenvalue weighted by molar-refractivity contribution is 6.30. The van der Waals surface area contributed by atoms with Crippen molar-refractivity contribution in [2.45, 2.75) is 39.0 Å². The number of carboxylic acids is 1. The van der Waals surface area contributed by atoms with Gasteiger partial charge in [0.1, 0.15) is 35.5 Å². The van der Waals surface area contributed by atoms with Gasteiger partial charge in [-0.25, -0.2) is 9.97 Å². The molecule has 0 atom stereocenters. The lowest BCUT2D eigenvalue weighted by molar-refractivity contribution is -0.138. The number of carbonyl (C=O) groups excluding carboxylic acids is 3. The Labute approximate surface area is 347 Å². The van der Waals surface area contributed by atoms with E-state index in [0.29, 0.717) is 39.6 Å². The van der Waals surface area contributed by atoms with Crippen molar-refractivity contribution in [3.63, 3.8) is 0 Å². The van der Waals surface area contributed by atoms with Crippen LogP contribution >= 0.6 is 23.2 Å². The lowest BCUT2D eigenvalue weighted by atomic mass is 10.1. The predicted octanol–water partition coefficient (Wildman–Crippen LogP) is 4.26. The highest BCUT2D eigenvalue weighted by Crippen LogP contribution is 2.15. The SMILES string of the molecule is C1CNC1.O=C(NCc1ccc(Cl)cc1)c1cc2cccnc2n(CC(=O)N2CCC2)c1=O.O=C(O)Cn1c(=O)c(C(=O)NCc2ccc(Cl)cc2)cc2cccnc21. The summed E-state index contributed by atoms with van der Waals surface area (Å²) in [5, 5.41) is 19.9. The number of amides is 3. The number of carboxylic acid groups (broad SMARTS) is 1. The minimum atomic E-state index is -1.20. The van der Waals surface area contributed by atoms with Crippen LogP contribution in [0.2, 0.25) is 10.0 Å². The summed E-state index contributed by atoms with van der Waals surface area (Å²) >= 11 is 11.7. The van der Waals surface area contributed by atoms with Crippen LogP contribution in [0.1, 0.15) is 44.7 Å². The molecule has 4 N–H and O–H groups in total. The minimum absolute atomic E-state index is 0.0177. The van der Waals surface area contributed by atoms with Crippen molar-refractivity contribution in [3.05, 3.63) is 150 Å². The molecule has 0 radical (unpaired) electrons. The van der Waals surface area contributed by atoms with Crippen molar-refractivity contribution in [2.24, 2.45) is 0 Å². The summed E-state index contributed by atoms with van der Waals surface area (Å²) in [6, 6.07) is 23.7. The molecule has 3 amide bonds. The molecule has 0 aliphatic carbocycles. The van der Waals surface area contributed by atoms with Gasteiger partial charge in [0.05, 0.1) is 0 Å². The van der Waals surface area contributed by atoms with E-state index in [1.54, 1.807) is 83.9 Å². The number of fused-ring (bicyclic) bond motifs is 2. The van der Waals surface area contributed by atoms with E-state index in [4.69, 9.17) is 28.3 Å². The van der Waals surface area contributed by atoms with Crippen molar-refractivity contribution in [1.29, 1.82) is 0 Å². The second-order valence-electron chi connectivity index (χ2n) is 13.6. The standard InChI is InChI=1S/C21H19ClN4O3.C18H14ClN3O4.C3H7N/c22-16-6-4-14(5-7-16)12-24-20(28)17-11-15-3-1-8-23-19(15)26(21(17)29)13-18(27)25-9-2-10-25;19-13-5-3-11(4-6-13)9-21-17(25)14-8-12-2-1-7-20-16(12)22(18(14)26)10-15(23)24;1-2-4-3-1/h1,3-8,11H,2,9-10,12-13H2,(H,24,28);1-8H,9-10H2,(H,21,25)(H,23,24);4H,1-3H2. The number of hydrogen-bond donors (Lipinski definition) is 4. The first-order valence-electron chi connectivity index (χ1n) is 18.7. The number of carbonyl (C=O) groups is 4. The maximum Gasteiger partial charge on any atom is 0.323 e. The molecule has 0 spiro atoms. The van der Waals surface area contributed by atoms with Gasteiger partial charge < -0.3 is 26.0 Å². The lowest BCUT2D eigenvalue weighted by Gasteiger charge is -2.31. The molecule has 2 aromatic carbocycles. The van der Waals surface area contributed by atoms with E-state index >= 15 is 0 Å². The van der Waals surface area contributed by atoms with E-state index in [9.17, 15) is 28.8 Å². The molecule has 17 heteroatoms. The van der Waals surface area contributed by atoms with Crippen molar-refractivity contribution < 1.29 is 24.3 Å². The fourth-order valence-electron chi connectivity index (χ4n) is 5.90. The summed E-state index contributed by atoms with van der Waals surface area (Å²) < 4.78 is 2.27. The van der Waals surface area contributed by atoms with Crippen LogP contribution in [0.4, 0.5) is 0 Å². The van der Waals surface area contributed by atoms with Gasteiger partial charge in [-0.15, -0.1) is 0 Å². The van der Waals surface area contributed by atoms with Gasteiger partial charge in [0, 0.05) is 59.4 Å². The van der Waals surface area contributed by atoms with Crippen LogP contribution in [0.25, 0.3) is 22.1 Å². The quantitative estimate of drug-likeness (QED) is 0.155. The molecular weight excluding hydrogens is 799 g/mol. The maximum atomic E-state index is 13.0. The number of benzene rings is 2. The molecule has 0 bridgehead atoms. The first-order valence-corrected chi connectivity index (χ1v) is 19.5. The van der Waals surface area contributed by atoms with Crippen molar-refractivity contribution >= 4 is 69.0 Å². The average molecular weight is 840 g/mol. The lowest BCUT2D eigenvalue weighted by Crippen LogP contribution is -2.45. The smallest absolute Gasteiger partial charge is 0.323 e. The Morgan fingerprint density at radius 3 is 1.46 bits per heavy atom. The zero-order valence-electron chi connectivity index (χ0n) is 31.7. The first kappa shape index (κ1) is 42.2. The number of halogens is 2. The van der Waals surface area contributed by atoms with Crippen LogP contribution in [0.15, 0.2) is 107 Å². The third-order valence-corrected chi connectivity index (χ3v) is 9.92. The zero-order valence-corrected chi connectivity index (χ0v) is 33.2. The summed E-state index contributed by atoms with van der Waals surface area (Å²) in [6.07, 6.45) is 5.37. The van der Waals surface area contributed by atoms with Crippen LogP contribution in [-0.4, -0.2) is 79.0 Å². The fourth-order valence-corrected chi connectivity index (χ4v) is 6.16. The van der Waals surface area contributed by atoms with E-state index in [-0.39, 0.29) is 42.3 Å². The summed E-state index contributed by atoms with van der Waals surface area (Å²) in [4.78, 5) is 84.3. The molecule has 2 aliphatic rings. The molecule has 6 aromatic rings. The summed E-state index contributed by atoms with van der Waals surface area (Å²) in [5.74, 6) is -2.43. The van der Waals surface area contributed by atoms with E-state index in [1.807, 2.05) is 0 Å². The van der Waals surface area contributed by atoms with Gasteiger partial charge in [-0.3, -0.25) is 37.9 Å². The van der Waals surface area contributed by atoms with E-state index in [1.165, 1.54) is 42.4 Å². The number of rotatable bonds is 10. The van der Waals surface area contributed by atoms with Crippen LogP contribution < -0.4 is 27.1 Å². The Kier molecular flexibility index (Phi) is 14.2. The second-order valence-corrected chi connectivity index (χ2v) is 14.5. The Morgan fingerprint density at radius 2 is 1.08 bits per heavy atom. The Balaban J connectivity index is 0.000000182. The van der Waals surface area contributed by atoms with Gasteiger partial charge in [-0.1, -0.05) is 47.5 Å². The molecule has 59 heavy (non-hydrogen) atoms.